The second kappa shape index (κ2) is 11.3. The number of aliphatic hydroxyl groups excluding tert-OH is 1. The molecule has 1 amide bonds. The summed E-state index contributed by atoms with van der Waals surface area (Å²) in [5, 5.41) is 17.7. The zero-order chi connectivity index (χ0) is 23.6. The molecule has 5 N–H and O–H groups in total. The Hall–Kier alpha value is -4.31. The van der Waals surface area contributed by atoms with Crippen molar-refractivity contribution in [1.29, 1.82) is 0 Å². The third kappa shape index (κ3) is 6.34. The molecule has 2 heterocycles. The molecule has 0 aliphatic heterocycles. The van der Waals surface area contributed by atoms with Crippen molar-refractivity contribution in [2.45, 2.75) is 13.3 Å². The lowest BCUT2D eigenvalue weighted by Gasteiger charge is -2.09. The van der Waals surface area contributed by atoms with Gasteiger partial charge in [-0.05, 0) is 42.7 Å². The molecule has 4 aromatic rings. The highest BCUT2D eigenvalue weighted by Crippen LogP contribution is 2.24. The molecule has 0 aliphatic rings. The molecular formula is C23H25N7O3. The Bertz CT molecular complexity index is 1180. The number of carbonyl (C=O) groups is 1. The molecule has 0 saturated heterocycles. The Labute approximate surface area is 190 Å². The van der Waals surface area contributed by atoms with Crippen LogP contribution in [0.5, 0.6) is 0 Å². The maximum atomic E-state index is 11.7. The summed E-state index contributed by atoms with van der Waals surface area (Å²) in [4.78, 5) is 24.0. The largest absolute Gasteiger partial charge is 0.396 e. The number of nitrogens with two attached hydrogens (primary N) is 1. The highest BCUT2D eigenvalue weighted by molar-refractivity contribution is 5.95. The topological polar surface area (TPSA) is 152 Å². The van der Waals surface area contributed by atoms with Gasteiger partial charge in [-0.1, -0.05) is 35.5 Å². The minimum absolute atomic E-state index is 0.136. The van der Waals surface area contributed by atoms with Gasteiger partial charge in [-0.2, -0.15) is 9.97 Å². The van der Waals surface area contributed by atoms with Crippen LogP contribution in [0.1, 0.15) is 21.5 Å². The molecule has 0 aliphatic carbocycles. The first-order chi connectivity index (χ1) is 16.0. The van der Waals surface area contributed by atoms with E-state index in [4.69, 9.17) is 15.4 Å². The van der Waals surface area contributed by atoms with E-state index in [9.17, 15) is 4.79 Å². The zero-order valence-electron chi connectivity index (χ0n) is 18.3. The quantitative estimate of drug-likeness (QED) is 0.349. The summed E-state index contributed by atoms with van der Waals surface area (Å²) in [6, 6.07) is 15.3. The van der Waals surface area contributed by atoms with Crippen molar-refractivity contribution in [3.8, 4) is 11.5 Å². The van der Waals surface area contributed by atoms with Gasteiger partial charge in [-0.25, -0.2) is 4.98 Å². The molecule has 0 atom stereocenters. The summed E-state index contributed by atoms with van der Waals surface area (Å²) in [6.07, 6.45) is 3.54. The SMILES string of the molecule is CNC(=O)c1ccc(Nc2ncc(-c3ncno3)c(N)n2)cc1C.OCCc1ccccc1. The van der Waals surface area contributed by atoms with Crippen molar-refractivity contribution in [3.05, 3.63) is 77.7 Å². The van der Waals surface area contributed by atoms with E-state index in [2.05, 4.69) is 30.7 Å². The molecule has 0 saturated carbocycles. The van der Waals surface area contributed by atoms with Gasteiger partial charge in [0.1, 0.15) is 11.4 Å². The van der Waals surface area contributed by atoms with Crippen LogP contribution in [0, 0.1) is 6.92 Å². The smallest absolute Gasteiger partial charge is 0.262 e. The molecule has 4 rings (SSSR count). The summed E-state index contributed by atoms with van der Waals surface area (Å²) < 4.78 is 4.94. The Morgan fingerprint density at radius 3 is 2.55 bits per heavy atom. The maximum Gasteiger partial charge on any atom is 0.262 e. The lowest BCUT2D eigenvalue weighted by atomic mass is 10.1. The van der Waals surface area contributed by atoms with Crippen molar-refractivity contribution >= 4 is 23.4 Å². The molecule has 10 nitrogen and oxygen atoms in total. The average Bonchev–Trinajstić information content (AvgIpc) is 3.35. The molecule has 2 aromatic carbocycles. The predicted molar refractivity (Wildman–Crippen MR) is 125 cm³/mol. The lowest BCUT2D eigenvalue weighted by Crippen LogP contribution is -2.18. The first-order valence-corrected chi connectivity index (χ1v) is 10.2. The lowest BCUT2D eigenvalue weighted by molar-refractivity contribution is 0.0962. The number of anilines is 3. The van der Waals surface area contributed by atoms with Crippen LogP contribution in [0.15, 0.2) is 65.6 Å². The fourth-order valence-electron chi connectivity index (χ4n) is 2.95. The van der Waals surface area contributed by atoms with Crippen LogP contribution < -0.4 is 16.4 Å². The number of aliphatic hydroxyl groups is 1. The fraction of sp³-hybridized carbons (Fsp3) is 0.174. The number of rotatable bonds is 6. The molecule has 2 aromatic heterocycles. The van der Waals surface area contributed by atoms with E-state index < -0.39 is 0 Å². The van der Waals surface area contributed by atoms with E-state index in [0.717, 1.165) is 17.7 Å². The average molecular weight is 447 g/mol. The Kier molecular flexibility index (Phi) is 8.03. The summed E-state index contributed by atoms with van der Waals surface area (Å²) in [5.74, 6) is 0.659. The summed E-state index contributed by atoms with van der Waals surface area (Å²) >= 11 is 0. The highest BCUT2D eigenvalue weighted by atomic mass is 16.5. The van der Waals surface area contributed by atoms with Gasteiger partial charge < -0.3 is 26.0 Å². The van der Waals surface area contributed by atoms with Crippen LogP contribution in [0.4, 0.5) is 17.5 Å². The monoisotopic (exact) mass is 447 g/mol. The Morgan fingerprint density at radius 2 is 1.94 bits per heavy atom. The molecule has 0 fully saturated rings. The zero-order valence-corrected chi connectivity index (χ0v) is 18.3. The van der Waals surface area contributed by atoms with Crippen LogP contribution >= 0.6 is 0 Å². The van der Waals surface area contributed by atoms with Crippen molar-refractivity contribution in [1.82, 2.24) is 25.4 Å². The molecule has 33 heavy (non-hydrogen) atoms. The predicted octanol–water partition coefficient (Wildman–Crippen LogP) is 2.74. The maximum absolute atomic E-state index is 11.7. The van der Waals surface area contributed by atoms with Gasteiger partial charge in [0, 0.05) is 31.1 Å². The number of aryl methyl sites for hydroxylation is 1. The normalized spacial score (nSPS) is 10.2. The van der Waals surface area contributed by atoms with Crippen LogP contribution in [-0.4, -0.2) is 44.8 Å². The van der Waals surface area contributed by atoms with E-state index in [1.54, 1.807) is 19.2 Å². The van der Waals surface area contributed by atoms with E-state index in [1.165, 1.54) is 18.1 Å². The van der Waals surface area contributed by atoms with Crippen molar-refractivity contribution in [3.63, 3.8) is 0 Å². The van der Waals surface area contributed by atoms with E-state index in [-0.39, 0.29) is 24.2 Å². The van der Waals surface area contributed by atoms with Gasteiger partial charge in [0.25, 0.3) is 11.8 Å². The van der Waals surface area contributed by atoms with E-state index in [0.29, 0.717) is 17.1 Å². The van der Waals surface area contributed by atoms with Crippen LogP contribution in [0.25, 0.3) is 11.5 Å². The van der Waals surface area contributed by atoms with Gasteiger partial charge in [0.05, 0.1) is 0 Å². The minimum atomic E-state index is -0.136. The van der Waals surface area contributed by atoms with Crippen LogP contribution in [-0.2, 0) is 6.42 Å². The highest BCUT2D eigenvalue weighted by Gasteiger charge is 2.12. The molecule has 170 valence electrons. The van der Waals surface area contributed by atoms with Crippen molar-refractivity contribution < 1.29 is 14.4 Å². The molecule has 0 unspecified atom stereocenters. The van der Waals surface area contributed by atoms with Gasteiger partial charge in [-0.3, -0.25) is 4.79 Å². The molecular weight excluding hydrogens is 422 g/mol. The second-order valence-electron chi connectivity index (χ2n) is 6.93. The number of carbonyl (C=O) groups excluding carboxylic acids is 1. The first kappa shape index (κ1) is 23.4. The second-order valence-corrected chi connectivity index (χ2v) is 6.93. The molecule has 0 radical (unpaired) electrons. The number of nitrogens with one attached hydrogen (secondary N) is 2. The van der Waals surface area contributed by atoms with E-state index >= 15 is 0 Å². The Balaban J connectivity index is 0.000000286. The van der Waals surface area contributed by atoms with Crippen molar-refractivity contribution in [2.75, 3.05) is 24.7 Å². The summed E-state index contributed by atoms with van der Waals surface area (Å²) in [6.45, 7) is 2.09. The van der Waals surface area contributed by atoms with Crippen LogP contribution in [0.3, 0.4) is 0 Å². The number of aromatic nitrogens is 4. The summed E-state index contributed by atoms with van der Waals surface area (Å²) in [5.41, 5.74) is 9.74. The third-order valence-electron chi connectivity index (χ3n) is 4.61. The fourth-order valence-corrected chi connectivity index (χ4v) is 2.95. The molecule has 0 bridgehead atoms. The van der Waals surface area contributed by atoms with Gasteiger partial charge in [-0.15, -0.1) is 0 Å². The third-order valence-corrected chi connectivity index (χ3v) is 4.61. The van der Waals surface area contributed by atoms with Crippen LogP contribution in [0.2, 0.25) is 0 Å². The number of benzene rings is 2. The number of amides is 1. The standard InChI is InChI=1S/C15H15N7O2.C8H10O/c1-8-5-9(3-4-10(8)13(23)17-2)21-15-18-6-11(12(16)22-15)14-19-7-20-24-14;9-7-6-8-4-2-1-3-5-8/h3-7H,1-2H3,(H,17,23)(H3,16,18,21,22);1-5,9H,6-7H2. The first-order valence-electron chi connectivity index (χ1n) is 10.2. The minimum Gasteiger partial charge on any atom is -0.396 e. The van der Waals surface area contributed by atoms with Gasteiger partial charge >= 0.3 is 0 Å². The van der Waals surface area contributed by atoms with Gasteiger partial charge in [0.2, 0.25) is 5.95 Å². The molecule has 0 spiro atoms. The number of nitrogen functional groups attached to an aromatic ring is 1. The Morgan fingerprint density at radius 1 is 1.15 bits per heavy atom. The number of nitrogens with zero attached hydrogens (tertiary/aromatic N) is 4. The van der Waals surface area contributed by atoms with Gasteiger partial charge in [0.15, 0.2) is 6.33 Å². The van der Waals surface area contributed by atoms with Crippen molar-refractivity contribution in [2.24, 2.45) is 0 Å². The number of hydrogen-bond acceptors (Lipinski definition) is 9. The summed E-state index contributed by atoms with van der Waals surface area (Å²) in [7, 11) is 1.59. The van der Waals surface area contributed by atoms with E-state index in [1.807, 2.05) is 43.3 Å². The number of hydrogen-bond donors (Lipinski definition) is 4. The molecule has 10 heteroatoms.